The second kappa shape index (κ2) is 29.6. The van der Waals surface area contributed by atoms with Crippen molar-refractivity contribution in [3.05, 3.63) is 89.5 Å². The highest BCUT2D eigenvalue weighted by molar-refractivity contribution is 7.98. The summed E-state index contributed by atoms with van der Waals surface area (Å²) >= 11 is 4.45. The van der Waals surface area contributed by atoms with Gasteiger partial charge in [0.2, 0.25) is 35.4 Å². The van der Waals surface area contributed by atoms with Crippen LogP contribution in [0.5, 0.6) is 0 Å². The number of carbonyl (C=O) groups excluding carboxylic acids is 6. The molecule has 0 aromatic heterocycles. The number of carbonyl (C=O) groups is 6. The molecule has 372 valence electrons. The van der Waals surface area contributed by atoms with Crippen molar-refractivity contribution in [1.29, 1.82) is 0 Å². The molecule has 6 amide bonds. The Labute approximate surface area is 416 Å². The third-order valence-corrected chi connectivity index (χ3v) is 13.7. The average molecular weight is 1010 g/mol. The Morgan fingerprint density at radius 2 is 0.681 bits per heavy atom. The Morgan fingerprint density at radius 1 is 0.449 bits per heavy atom. The fourth-order valence-electron chi connectivity index (χ4n) is 7.70. The van der Waals surface area contributed by atoms with Gasteiger partial charge in [-0.15, -0.1) is 0 Å². The van der Waals surface area contributed by atoms with E-state index in [2.05, 4.69) is 31.9 Å². The maximum Gasteiger partial charge on any atom is 0.488 e. The lowest BCUT2D eigenvalue weighted by Gasteiger charge is -2.35. The Morgan fingerprint density at radius 3 is 0.884 bits per heavy atom. The first-order chi connectivity index (χ1) is 33.0. The van der Waals surface area contributed by atoms with Gasteiger partial charge in [-0.25, -0.2) is 0 Å². The van der Waals surface area contributed by atoms with E-state index in [4.69, 9.17) is 0 Å². The van der Waals surface area contributed by atoms with E-state index in [-0.39, 0.29) is 74.5 Å². The summed E-state index contributed by atoms with van der Waals surface area (Å²) in [7, 11) is -4.93. The average Bonchev–Trinajstić information content (AvgIpc) is 3.35. The number of benzene rings is 3. The van der Waals surface area contributed by atoms with Crippen molar-refractivity contribution in [2.24, 2.45) is 17.8 Å². The largest absolute Gasteiger partial charge is 0.488 e. The van der Waals surface area contributed by atoms with E-state index in [1.54, 1.807) is 36.4 Å². The van der Waals surface area contributed by atoms with E-state index < -0.39 is 92.7 Å². The minimum atomic E-state index is -1.64. The van der Waals surface area contributed by atoms with Gasteiger partial charge in [0, 0.05) is 37.4 Å². The Hall–Kier alpha value is -4.52. The van der Waals surface area contributed by atoms with E-state index >= 15 is 0 Å². The summed E-state index contributed by atoms with van der Waals surface area (Å²) in [5, 5.41) is 73.8. The summed E-state index contributed by atoms with van der Waals surface area (Å²) in [5.41, 5.74) is 2.90. The topological polar surface area (TPSA) is 296 Å². The van der Waals surface area contributed by atoms with Crippen LogP contribution in [-0.2, 0) is 48.4 Å². The van der Waals surface area contributed by atoms with Gasteiger partial charge in [0.05, 0.1) is 0 Å². The molecule has 0 bridgehead atoms. The van der Waals surface area contributed by atoms with Gasteiger partial charge < -0.3 is 62.0 Å². The molecule has 0 spiro atoms. The second-order valence-corrected chi connectivity index (χ2v) is 19.8. The van der Waals surface area contributed by atoms with Gasteiger partial charge >= 0.3 is 21.4 Å². The van der Waals surface area contributed by atoms with Gasteiger partial charge in [-0.2, -0.15) is 35.3 Å². The standard InChI is InChI=1S/C45H63B3N6O12S3/c1-67-19-16-37(43(58)49-25-28-4-10-34(11-5-28)46(61)62)52-40(55)31-22-32(41(56)53-38(17-20-68-2)44(59)50-26-29-6-12-35(13-7-29)47(63)64)24-33(23-31)42(57)54-39(18-21-69-3)45(60)51-27-30-8-14-36(15-9-30)48(65)66/h4-15,31-33,37-39,61-66H,16-27H2,1-3H3,(H,49,58)(H,50,59)(H,51,60)(H,52,55)(H,53,56)(H,54,57)/t31?,32?,33?,37-,38-,39-/m0/s1. The first kappa shape index (κ1) is 57.1. The minimum absolute atomic E-state index is 0.00375. The first-order valence-electron chi connectivity index (χ1n) is 22.6. The normalized spacial score (nSPS) is 16.7. The highest BCUT2D eigenvalue weighted by Gasteiger charge is 2.41. The molecule has 0 radical (unpaired) electrons. The molecule has 0 heterocycles. The third kappa shape index (κ3) is 19.0. The van der Waals surface area contributed by atoms with Crippen molar-refractivity contribution in [3.8, 4) is 0 Å². The first-order valence-corrected chi connectivity index (χ1v) is 26.8. The van der Waals surface area contributed by atoms with Gasteiger partial charge in [-0.1, -0.05) is 72.8 Å². The van der Waals surface area contributed by atoms with Crippen molar-refractivity contribution in [3.63, 3.8) is 0 Å². The zero-order valence-corrected chi connectivity index (χ0v) is 41.4. The van der Waals surface area contributed by atoms with E-state index in [1.165, 1.54) is 71.7 Å². The molecule has 18 nitrogen and oxygen atoms in total. The van der Waals surface area contributed by atoms with Crippen molar-refractivity contribution in [1.82, 2.24) is 31.9 Å². The third-order valence-electron chi connectivity index (χ3n) is 11.8. The Bertz CT molecular complexity index is 1890. The SMILES string of the molecule is CSCC[C@H](NC(=O)C1CC(C(=O)N[C@@H](CCSC)C(=O)NCc2ccc(B(O)O)cc2)CC(C(=O)N[C@@H](CCSC)C(=O)NCc2ccc(B(O)O)cc2)C1)C(=O)NCc1ccc(B(O)O)cc1. The number of hydrogen-bond acceptors (Lipinski definition) is 15. The fraction of sp³-hybridized carbons (Fsp3) is 0.467. The summed E-state index contributed by atoms with van der Waals surface area (Å²) in [6.07, 6.45) is 6.42. The lowest BCUT2D eigenvalue weighted by Crippen LogP contribution is -2.54. The summed E-state index contributed by atoms with van der Waals surface area (Å²) in [6.45, 7) is 0.283. The monoisotopic (exact) mass is 1010 g/mol. The molecule has 12 N–H and O–H groups in total. The van der Waals surface area contributed by atoms with Gasteiger partial charge in [0.25, 0.3) is 0 Å². The highest BCUT2D eigenvalue weighted by Crippen LogP contribution is 2.35. The van der Waals surface area contributed by atoms with Crippen LogP contribution in [0, 0.1) is 17.8 Å². The molecule has 1 aliphatic rings. The van der Waals surface area contributed by atoms with Crippen LogP contribution in [0.2, 0.25) is 0 Å². The van der Waals surface area contributed by atoms with Crippen molar-refractivity contribution < 1.29 is 58.9 Å². The van der Waals surface area contributed by atoms with Crippen LogP contribution in [0.4, 0.5) is 0 Å². The molecule has 3 atom stereocenters. The van der Waals surface area contributed by atoms with E-state index in [9.17, 15) is 58.9 Å². The van der Waals surface area contributed by atoms with Gasteiger partial charge in [0.15, 0.2) is 0 Å². The predicted octanol–water partition coefficient (Wildman–Crippen LogP) is -2.28. The summed E-state index contributed by atoms with van der Waals surface area (Å²) in [6, 6.07) is 16.1. The molecule has 1 saturated carbocycles. The lowest BCUT2D eigenvalue weighted by molar-refractivity contribution is -0.139. The van der Waals surface area contributed by atoms with Gasteiger partial charge in [-0.05, 0) is 108 Å². The molecule has 69 heavy (non-hydrogen) atoms. The smallest absolute Gasteiger partial charge is 0.423 e. The van der Waals surface area contributed by atoms with Crippen LogP contribution in [0.3, 0.4) is 0 Å². The van der Waals surface area contributed by atoms with Crippen LogP contribution < -0.4 is 48.3 Å². The Balaban J connectivity index is 1.54. The van der Waals surface area contributed by atoms with Crippen LogP contribution in [0.1, 0.15) is 55.2 Å². The summed E-state index contributed by atoms with van der Waals surface area (Å²) in [4.78, 5) is 83.7. The van der Waals surface area contributed by atoms with Crippen LogP contribution in [0.25, 0.3) is 0 Å². The zero-order chi connectivity index (χ0) is 50.5. The number of nitrogens with one attached hydrogen (secondary N) is 6. The molecule has 0 unspecified atom stereocenters. The van der Waals surface area contributed by atoms with E-state index in [0.29, 0.717) is 33.9 Å². The highest BCUT2D eigenvalue weighted by atomic mass is 32.2. The molecular weight excluding hydrogens is 945 g/mol. The molecule has 1 aliphatic carbocycles. The fourth-order valence-corrected chi connectivity index (χ4v) is 9.12. The lowest BCUT2D eigenvalue weighted by atomic mass is 9.73. The molecule has 3 aromatic carbocycles. The number of thioether (sulfide) groups is 3. The van der Waals surface area contributed by atoms with Crippen LogP contribution >= 0.6 is 35.3 Å². The molecule has 24 heteroatoms. The zero-order valence-electron chi connectivity index (χ0n) is 39.0. The maximum atomic E-state index is 14.3. The van der Waals surface area contributed by atoms with Crippen molar-refractivity contribution in [2.45, 2.75) is 76.3 Å². The summed E-state index contributed by atoms with van der Waals surface area (Å²) < 4.78 is 0. The number of rotatable bonds is 27. The minimum Gasteiger partial charge on any atom is -0.423 e. The van der Waals surface area contributed by atoms with Crippen molar-refractivity contribution >= 4 is 108 Å². The second-order valence-electron chi connectivity index (χ2n) is 16.8. The molecule has 3 aromatic rings. The van der Waals surface area contributed by atoms with Crippen LogP contribution in [0.15, 0.2) is 72.8 Å². The molecule has 0 aliphatic heterocycles. The van der Waals surface area contributed by atoms with Gasteiger partial charge in [-0.3, -0.25) is 28.8 Å². The van der Waals surface area contributed by atoms with E-state index in [1.807, 2.05) is 18.8 Å². The van der Waals surface area contributed by atoms with E-state index in [0.717, 1.165) is 0 Å². The molecule has 0 saturated heterocycles. The molecular formula is C45H63B3N6O12S3. The number of hydrogen-bond donors (Lipinski definition) is 12. The number of amides is 6. The summed E-state index contributed by atoms with van der Waals surface area (Å²) in [5.74, 6) is -4.21. The molecule has 4 rings (SSSR count). The molecule has 1 fully saturated rings. The van der Waals surface area contributed by atoms with Crippen molar-refractivity contribution in [2.75, 3.05) is 36.0 Å². The maximum absolute atomic E-state index is 14.3. The Kier molecular flexibility index (Phi) is 24.5. The quantitative estimate of drug-likeness (QED) is 0.0359. The van der Waals surface area contributed by atoms with Crippen LogP contribution in [-0.4, -0.2) is 141 Å². The predicted molar refractivity (Wildman–Crippen MR) is 273 cm³/mol. The van der Waals surface area contributed by atoms with Gasteiger partial charge in [0.1, 0.15) is 18.1 Å².